The van der Waals surface area contributed by atoms with Crippen LogP contribution in [0.3, 0.4) is 0 Å². The van der Waals surface area contributed by atoms with Crippen LogP contribution in [0, 0.1) is 11.8 Å². The Kier molecular flexibility index (Phi) is 6.86. The van der Waals surface area contributed by atoms with Crippen molar-refractivity contribution < 1.29 is 9.59 Å². The van der Waals surface area contributed by atoms with E-state index >= 15 is 0 Å². The summed E-state index contributed by atoms with van der Waals surface area (Å²) < 4.78 is 6.01. The second-order valence-corrected chi connectivity index (χ2v) is 12.2. The van der Waals surface area contributed by atoms with Crippen LogP contribution in [-0.2, 0) is 0 Å². The van der Waals surface area contributed by atoms with Crippen molar-refractivity contribution in [1.29, 1.82) is 0 Å². The summed E-state index contributed by atoms with van der Waals surface area (Å²) in [5.41, 5.74) is 3.81. The van der Waals surface area contributed by atoms with Crippen LogP contribution < -0.4 is 10.2 Å². The molecule has 3 aliphatic rings. The van der Waals surface area contributed by atoms with Crippen molar-refractivity contribution in [3.63, 3.8) is 0 Å². The molecule has 1 amide bonds. The summed E-state index contributed by atoms with van der Waals surface area (Å²) in [5, 5.41) is 4.49. The zero-order valence-corrected chi connectivity index (χ0v) is 23.5. The minimum atomic E-state index is -0.0833. The molecule has 2 heterocycles. The molecule has 204 valence electrons. The molecule has 1 saturated heterocycles. The predicted octanol–water partition coefficient (Wildman–Crippen LogP) is 5.87. The summed E-state index contributed by atoms with van der Waals surface area (Å²) in [6, 6.07) is 21.7. The van der Waals surface area contributed by atoms with E-state index in [1.165, 1.54) is 29.3 Å². The highest BCUT2D eigenvalue weighted by Gasteiger charge is 2.30. The summed E-state index contributed by atoms with van der Waals surface area (Å²) in [6.45, 7) is 5.89. The minimum Gasteiger partial charge on any atom is -0.353 e. The third-order valence-corrected chi connectivity index (χ3v) is 9.92. The van der Waals surface area contributed by atoms with Gasteiger partial charge < -0.3 is 10.2 Å². The maximum Gasteiger partial charge on any atom is 0.251 e. The molecule has 0 radical (unpaired) electrons. The number of carbonyl (C=O) groups is 2. The number of rotatable bonds is 6. The van der Waals surface area contributed by atoms with Crippen LogP contribution in [0.1, 0.15) is 52.0 Å². The molecular weight excluding hydrogens is 516 g/mol. The molecule has 2 atom stereocenters. The second-order valence-electron chi connectivity index (χ2n) is 11.4. The highest BCUT2D eigenvalue weighted by Crippen LogP contribution is 2.37. The third-order valence-electron chi connectivity index (χ3n) is 9.10. The van der Waals surface area contributed by atoms with Gasteiger partial charge in [0.1, 0.15) is 5.82 Å². The van der Waals surface area contributed by atoms with E-state index in [4.69, 9.17) is 4.37 Å². The number of fused-ring (bicyclic) bond motifs is 4. The first-order valence-electron chi connectivity index (χ1n) is 14.5. The highest BCUT2D eigenvalue weighted by molar-refractivity contribution is 7.13. The van der Waals surface area contributed by atoms with E-state index in [-0.39, 0.29) is 11.7 Å². The molecule has 0 bridgehead atoms. The average molecular weight is 551 g/mol. The number of nitrogens with zero attached hydrogens (tertiary/aromatic N) is 3. The predicted molar refractivity (Wildman–Crippen MR) is 161 cm³/mol. The topological polar surface area (TPSA) is 65.5 Å². The second kappa shape index (κ2) is 10.8. The molecule has 0 spiro atoms. The molecule has 1 saturated carbocycles. The van der Waals surface area contributed by atoms with Gasteiger partial charge in [0.15, 0.2) is 5.78 Å². The number of aromatic nitrogens is 1. The molecule has 1 aromatic heterocycles. The Balaban J connectivity index is 0.955. The van der Waals surface area contributed by atoms with Gasteiger partial charge in [0, 0.05) is 61.3 Å². The molecule has 3 aromatic carbocycles. The molecule has 40 heavy (non-hydrogen) atoms. The number of nitrogens with one attached hydrogen (secondary N) is 1. The van der Waals surface area contributed by atoms with Crippen LogP contribution in [-0.4, -0.2) is 60.2 Å². The summed E-state index contributed by atoms with van der Waals surface area (Å²) in [4.78, 5) is 31.1. The van der Waals surface area contributed by atoms with E-state index in [1.807, 2.05) is 36.4 Å². The Hall–Kier alpha value is -3.55. The summed E-state index contributed by atoms with van der Waals surface area (Å²) >= 11 is 1.59. The quantitative estimate of drug-likeness (QED) is 0.287. The van der Waals surface area contributed by atoms with Crippen molar-refractivity contribution in [1.82, 2.24) is 14.6 Å². The zero-order valence-electron chi connectivity index (χ0n) is 22.6. The largest absolute Gasteiger partial charge is 0.353 e. The van der Waals surface area contributed by atoms with Gasteiger partial charge in [-0.25, -0.2) is 0 Å². The van der Waals surface area contributed by atoms with Gasteiger partial charge in [0.25, 0.3) is 5.91 Å². The van der Waals surface area contributed by atoms with Crippen LogP contribution in [0.4, 0.5) is 5.82 Å². The molecule has 7 rings (SSSR count). The molecule has 1 aliphatic heterocycles. The van der Waals surface area contributed by atoms with Crippen molar-refractivity contribution >= 4 is 39.1 Å². The summed E-state index contributed by atoms with van der Waals surface area (Å²) in [6.07, 6.45) is 4.89. The number of anilines is 1. The van der Waals surface area contributed by atoms with Crippen molar-refractivity contribution in [2.45, 2.75) is 25.7 Å². The Bertz CT molecular complexity index is 1570. The SMILES string of the molecule is O=C(NC[C@H]1CCCC[C@@H]1CN1CCN(c2nsc3ccccc23)CC1)c1ccc2c(c1)C(=O)c1ccccc1-2. The number of carbonyl (C=O) groups excluding carboxylic acids is 2. The normalized spacial score (nSPS) is 20.9. The third kappa shape index (κ3) is 4.71. The fraction of sp³-hybridized carbons (Fsp3) is 0.364. The van der Waals surface area contributed by atoms with Crippen LogP contribution >= 0.6 is 11.5 Å². The lowest BCUT2D eigenvalue weighted by Gasteiger charge is -2.40. The van der Waals surface area contributed by atoms with Gasteiger partial charge in [-0.2, -0.15) is 4.37 Å². The molecule has 2 fully saturated rings. The first-order valence-corrected chi connectivity index (χ1v) is 15.3. The minimum absolute atomic E-state index is 0.00987. The Morgan fingerprint density at radius 1 is 0.850 bits per heavy atom. The smallest absolute Gasteiger partial charge is 0.251 e. The molecule has 6 nitrogen and oxygen atoms in total. The van der Waals surface area contributed by atoms with E-state index in [1.54, 1.807) is 17.6 Å². The summed E-state index contributed by atoms with van der Waals surface area (Å²) in [5.74, 6) is 2.14. The first-order chi connectivity index (χ1) is 19.7. The van der Waals surface area contributed by atoms with Crippen molar-refractivity contribution in [2.75, 3.05) is 44.2 Å². The van der Waals surface area contributed by atoms with E-state index in [2.05, 4.69) is 39.4 Å². The fourth-order valence-electron chi connectivity index (χ4n) is 6.86. The molecule has 1 N–H and O–H groups in total. The van der Waals surface area contributed by atoms with Gasteiger partial charge in [0.2, 0.25) is 0 Å². The monoisotopic (exact) mass is 550 g/mol. The molecule has 0 unspecified atom stereocenters. The lowest BCUT2D eigenvalue weighted by atomic mass is 9.78. The van der Waals surface area contributed by atoms with Crippen molar-refractivity contribution in [3.8, 4) is 11.1 Å². The van der Waals surface area contributed by atoms with Gasteiger partial charge in [-0.3, -0.25) is 14.5 Å². The number of hydrogen-bond acceptors (Lipinski definition) is 6. The van der Waals surface area contributed by atoms with Gasteiger partial charge in [-0.1, -0.05) is 55.3 Å². The van der Waals surface area contributed by atoms with E-state index in [0.29, 0.717) is 29.5 Å². The number of amides is 1. The standard InChI is InChI=1S/C33H34N4O2S/c38-31-27-10-4-3-9-25(27)26-14-13-22(19-29(26)31)33(39)34-20-23-7-1-2-8-24(23)21-36-15-17-37(18-16-36)32-28-11-5-6-12-30(28)40-35-32/h3-6,9-14,19,23-24H,1-2,7-8,15-18,20-21H2,(H,34,39)/t23-,24-/m1/s1. The number of ketones is 1. The number of piperazine rings is 1. The Morgan fingerprint density at radius 3 is 2.42 bits per heavy atom. The Labute approximate surface area is 239 Å². The average Bonchev–Trinajstić information content (AvgIpc) is 3.56. The maximum atomic E-state index is 13.2. The van der Waals surface area contributed by atoms with Crippen molar-refractivity contribution in [2.24, 2.45) is 11.8 Å². The zero-order chi connectivity index (χ0) is 27.1. The summed E-state index contributed by atoms with van der Waals surface area (Å²) in [7, 11) is 0. The van der Waals surface area contributed by atoms with Gasteiger partial charge in [-0.15, -0.1) is 0 Å². The van der Waals surface area contributed by atoms with Gasteiger partial charge in [0.05, 0.1) is 4.70 Å². The molecule has 4 aromatic rings. The molecule has 2 aliphatic carbocycles. The van der Waals surface area contributed by atoms with E-state index < -0.39 is 0 Å². The van der Waals surface area contributed by atoms with Crippen LogP contribution in [0.5, 0.6) is 0 Å². The molecule has 7 heteroatoms. The van der Waals surface area contributed by atoms with Crippen LogP contribution in [0.25, 0.3) is 21.2 Å². The highest BCUT2D eigenvalue weighted by atomic mass is 32.1. The van der Waals surface area contributed by atoms with Gasteiger partial charge in [-0.05, 0) is 71.6 Å². The van der Waals surface area contributed by atoms with Gasteiger partial charge >= 0.3 is 0 Å². The number of hydrogen-bond donors (Lipinski definition) is 1. The van der Waals surface area contributed by atoms with E-state index in [9.17, 15) is 9.59 Å². The lowest BCUT2D eigenvalue weighted by Crippen LogP contribution is -2.49. The van der Waals surface area contributed by atoms with Crippen molar-refractivity contribution in [3.05, 3.63) is 83.4 Å². The fourth-order valence-corrected chi connectivity index (χ4v) is 7.66. The number of benzene rings is 3. The van der Waals surface area contributed by atoms with E-state index in [0.717, 1.165) is 61.7 Å². The molecular formula is C33H34N4O2S. The Morgan fingerprint density at radius 2 is 1.57 bits per heavy atom. The lowest BCUT2D eigenvalue weighted by molar-refractivity contribution is 0.0920. The maximum absolute atomic E-state index is 13.2. The first kappa shape index (κ1) is 25.4. The van der Waals surface area contributed by atoms with Crippen LogP contribution in [0.15, 0.2) is 66.7 Å². The van der Waals surface area contributed by atoms with Crippen LogP contribution in [0.2, 0.25) is 0 Å².